The van der Waals surface area contributed by atoms with Gasteiger partial charge in [-0.15, -0.1) is 0 Å². The quantitative estimate of drug-likeness (QED) is 0.168. The minimum atomic E-state index is 1.12. The molecule has 0 aliphatic heterocycles. The third-order valence-corrected chi connectivity index (χ3v) is 11.8. The third kappa shape index (κ3) is 4.73. The van der Waals surface area contributed by atoms with Crippen LogP contribution in [0, 0.1) is 0 Å². The van der Waals surface area contributed by atoms with Gasteiger partial charge in [0.15, 0.2) is 0 Å². The van der Waals surface area contributed by atoms with Gasteiger partial charge in [-0.1, -0.05) is 158 Å². The minimum Gasteiger partial charge on any atom is -0.307 e. The van der Waals surface area contributed by atoms with E-state index in [9.17, 15) is 0 Å². The van der Waals surface area contributed by atoms with Crippen LogP contribution < -0.4 is 0 Å². The van der Waals surface area contributed by atoms with Crippen molar-refractivity contribution in [3.05, 3.63) is 212 Å². The zero-order valence-corrected chi connectivity index (χ0v) is 31.0. The van der Waals surface area contributed by atoms with E-state index in [0.717, 1.165) is 17.1 Å². The lowest BCUT2D eigenvalue weighted by molar-refractivity contribution is 1.11. The van der Waals surface area contributed by atoms with Gasteiger partial charge in [-0.05, 0) is 76.9 Å². The summed E-state index contributed by atoms with van der Waals surface area (Å²) in [5, 5.41) is 7.40. The Kier molecular flexibility index (Phi) is 6.93. The van der Waals surface area contributed by atoms with Gasteiger partial charge in [0.1, 0.15) is 0 Å². The van der Waals surface area contributed by atoms with Crippen LogP contribution in [0.1, 0.15) is 0 Å². The van der Waals surface area contributed by atoms with Crippen LogP contribution in [0.25, 0.3) is 105 Å². The number of nitrogens with zero attached hydrogens (tertiary/aromatic N) is 3. The zero-order chi connectivity index (χ0) is 37.5. The molecule has 0 N–H and O–H groups in total. The first-order chi connectivity index (χ1) is 28.3. The predicted octanol–water partition coefficient (Wildman–Crippen LogP) is 14.3. The highest BCUT2D eigenvalue weighted by Gasteiger charge is 2.23. The molecule has 3 heterocycles. The highest BCUT2D eigenvalue weighted by atomic mass is 15.1. The van der Waals surface area contributed by atoms with E-state index in [4.69, 9.17) is 0 Å². The molecule has 0 amide bonds. The molecule has 0 radical (unpaired) electrons. The van der Waals surface area contributed by atoms with Gasteiger partial charge in [-0.3, -0.25) is 0 Å². The van der Waals surface area contributed by atoms with Crippen LogP contribution in [0.4, 0.5) is 0 Å². The maximum absolute atomic E-state index is 2.53. The summed E-state index contributed by atoms with van der Waals surface area (Å²) in [6.07, 6.45) is 0. The molecule has 12 rings (SSSR count). The first-order valence-corrected chi connectivity index (χ1v) is 19.6. The first kappa shape index (κ1) is 31.7. The molecule has 0 saturated heterocycles. The van der Waals surface area contributed by atoms with Crippen molar-refractivity contribution in [1.82, 2.24) is 13.7 Å². The van der Waals surface area contributed by atoms with Crippen molar-refractivity contribution < 1.29 is 0 Å². The molecule has 0 atom stereocenters. The molecular weight excluding hydrogens is 691 g/mol. The molecule has 57 heavy (non-hydrogen) atoms. The highest BCUT2D eigenvalue weighted by Crippen LogP contribution is 2.43. The molecule has 12 aromatic rings. The molecule has 3 aromatic heterocycles. The molecule has 266 valence electrons. The van der Waals surface area contributed by atoms with Crippen molar-refractivity contribution in [2.45, 2.75) is 0 Å². The average Bonchev–Trinajstić information content (AvgIpc) is 3.93. The monoisotopic (exact) mass is 725 g/mol. The smallest absolute Gasteiger partial charge is 0.0783 e. The number of aromatic nitrogens is 3. The van der Waals surface area contributed by atoms with Crippen LogP contribution in [-0.2, 0) is 0 Å². The first-order valence-electron chi connectivity index (χ1n) is 19.6. The Hall–Kier alpha value is -7.62. The molecule has 0 aliphatic carbocycles. The molecule has 9 aromatic carbocycles. The fraction of sp³-hybridized carbons (Fsp3) is 0. The number of fused-ring (bicyclic) bond motifs is 9. The van der Waals surface area contributed by atoms with E-state index in [1.54, 1.807) is 0 Å². The van der Waals surface area contributed by atoms with Gasteiger partial charge in [0.25, 0.3) is 0 Å². The van der Waals surface area contributed by atoms with Crippen LogP contribution in [0.5, 0.6) is 0 Å². The number of benzene rings is 9. The summed E-state index contributed by atoms with van der Waals surface area (Å²) in [5.41, 5.74) is 15.2. The normalized spacial score (nSPS) is 11.9. The van der Waals surface area contributed by atoms with Crippen LogP contribution >= 0.6 is 0 Å². The van der Waals surface area contributed by atoms with Gasteiger partial charge in [-0.2, -0.15) is 0 Å². The maximum atomic E-state index is 2.53. The molecule has 0 spiro atoms. The maximum Gasteiger partial charge on any atom is 0.0783 e. The lowest BCUT2D eigenvalue weighted by Crippen LogP contribution is -2.03. The molecule has 0 unspecified atom stereocenters. The minimum absolute atomic E-state index is 1.12. The van der Waals surface area contributed by atoms with E-state index in [1.165, 1.54) is 87.7 Å². The SMILES string of the molecule is c1ccc(-c2cc(-c3ccccc3)cc(-n3c4ccccc4c4cccc(-n5c6ccccc6c6cccc(-n7c8ccccc8c8ccccc87)c65)c43)c2)cc1. The Morgan fingerprint density at radius 1 is 0.228 bits per heavy atom. The Labute approximate surface area is 329 Å². The number of para-hydroxylation sites is 6. The summed E-state index contributed by atoms with van der Waals surface area (Å²) in [7, 11) is 0. The van der Waals surface area contributed by atoms with Crippen LogP contribution in [0.15, 0.2) is 212 Å². The van der Waals surface area contributed by atoms with Gasteiger partial charge >= 0.3 is 0 Å². The molecular formula is C54H35N3. The van der Waals surface area contributed by atoms with E-state index in [-0.39, 0.29) is 0 Å². The molecule has 3 nitrogen and oxygen atoms in total. The summed E-state index contributed by atoms with van der Waals surface area (Å²) in [5.74, 6) is 0. The summed E-state index contributed by atoms with van der Waals surface area (Å²) < 4.78 is 7.50. The Morgan fingerprint density at radius 3 is 1.07 bits per heavy atom. The predicted molar refractivity (Wildman–Crippen MR) is 240 cm³/mol. The van der Waals surface area contributed by atoms with Crippen molar-refractivity contribution in [2.75, 3.05) is 0 Å². The summed E-state index contributed by atoms with van der Waals surface area (Å²) in [4.78, 5) is 0. The van der Waals surface area contributed by atoms with Gasteiger partial charge in [0.05, 0.1) is 44.5 Å². The summed E-state index contributed by atoms with van der Waals surface area (Å²) >= 11 is 0. The van der Waals surface area contributed by atoms with Crippen molar-refractivity contribution >= 4 is 65.4 Å². The molecule has 0 fully saturated rings. The lowest BCUT2D eigenvalue weighted by atomic mass is 9.98. The topological polar surface area (TPSA) is 14.8 Å². The average molecular weight is 726 g/mol. The van der Waals surface area contributed by atoms with Crippen molar-refractivity contribution in [2.24, 2.45) is 0 Å². The van der Waals surface area contributed by atoms with Crippen LogP contribution in [-0.4, -0.2) is 13.7 Å². The second kappa shape index (κ2) is 12.5. The standard InChI is InChI=1S/C54H35N3/c1-3-17-36(18-4-1)38-33-39(37-19-5-2-6-20-37)35-40(34-38)55-47-27-11-9-23-43(47)45-25-16-32-52(53(45)55)57-50-30-14-10-24-44(50)46-26-15-31-51(54(46)57)56-48-28-12-7-21-41(48)42-22-8-13-29-49(42)56/h1-35H. The zero-order valence-electron chi connectivity index (χ0n) is 31.0. The molecule has 0 saturated carbocycles. The molecule has 3 heteroatoms. The lowest BCUT2D eigenvalue weighted by Gasteiger charge is -2.18. The van der Waals surface area contributed by atoms with Crippen molar-refractivity contribution in [1.29, 1.82) is 0 Å². The second-order valence-electron chi connectivity index (χ2n) is 14.9. The van der Waals surface area contributed by atoms with Gasteiger partial charge < -0.3 is 13.7 Å². The van der Waals surface area contributed by atoms with E-state index < -0.39 is 0 Å². The Morgan fingerprint density at radius 2 is 0.579 bits per heavy atom. The van der Waals surface area contributed by atoms with Crippen LogP contribution in [0.2, 0.25) is 0 Å². The van der Waals surface area contributed by atoms with Crippen molar-refractivity contribution in [3.8, 4) is 39.3 Å². The largest absolute Gasteiger partial charge is 0.307 e. The number of hydrogen-bond donors (Lipinski definition) is 0. The van der Waals surface area contributed by atoms with E-state index in [0.29, 0.717) is 0 Å². The number of rotatable bonds is 5. The van der Waals surface area contributed by atoms with Gasteiger partial charge in [0.2, 0.25) is 0 Å². The van der Waals surface area contributed by atoms with Crippen LogP contribution in [0.3, 0.4) is 0 Å². The van der Waals surface area contributed by atoms with Gasteiger partial charge in [-0.25, -0.2) is 0 Å². The van der Waals surface area contributed by atoms with Gasteiger partial charge in [0, 0.05) is 38.0 Å². The van der Waals surface area contributed by atoms with Crippen molar-refractivity contribution in [3.63, 3.8) is 0 Å². The fourth-order valence-corrected chi connectivity index (χ4v) is 9.40. The molecule has 0 aliphatic rings. The summed E-state index contributed by atoms with van der Waals surface area (Å²) in [6, 6.07) is 77.5. The molecule has 0 bridgehead atoms. The van der Waals surface area contributed by atoms with E-state index >= 15 is 0 Å². The summed E-state index contributed by atoms with van der Waals surface area (Å²) in [6.45, 7) is 0. The Bertz CT molecular complexity index is 3400. The Balaban J connectivity index is 1.24. The van der Waals surface area contributed by atoms with E-state index in [2.05, 4.69) is 226 Å². The number of hydrogen-bond acceptors (Lipinski definition) is 0. The fourth-order valence-electron chi connectivity index (χ4n) is 9.40. The second-order valence-corrected chi connectivity index (χ2v) is 14.9. The third-order valence-electron chi connectivity index (χ3n) is 11.8. The highest BCUT2D eigenvalue weighted by molar-refractivity contribution is 6.17. The van der Waals surface area contributed by atoms with E-state index in [1.807, 2.05) is 0 Å².